The summed E-state index contributed by atoms with van der Waals surface area (Å²) in [4.78, 5) is 0. The molecule has 0 amide bonds. The number of rotatable bonds is 0. The van der Waals surface area contributed by atoms with Gasteiger partial charge in [0.2, 0.25) is 0 Å². The fraction of sp³-hybridized carbons (Fsp3) is 0.333. The van der Waals surface area contributed by atoms with E-state index in [1.807, 2.05) is 0 Å². The van der Waals surface area contributed by atoms with Crippen molar-refractivity contribution in [3.8, 4) is 0 Å². The molecular formula is C3H5NO3S. The summed E-state index contributed by atoms with van der Waals surface area (Å²) in [6.45, 7) is 0. The van der Waals surface area contributed by atoms with Gasteiger partial charge in [-0.25, -0.2) is 4.31 Å². The van der Waals surface area contributed by atoms with Crippen LogP contribution in [0.3, 0.4) is 0 Å². The molecule has 0 atom stereocenters. The summed E-state index contributed by atoms with van der Waals surface area (Å²) in [6, 6.07) is 0. The Kier molecular flexibility index (Phi) is 0.937. The number of hydrogen-bond acceptors (Lipinski definition) is 3. The van der Waals surface area contributed by atoms with E-state index >= 15 is 0 Å². The lowest BCUT2D eigenvalue weighted by molar-refractivity contribution is 0.429. The maximum absolute atomic E-state index is 10.4. The van der Waals surface area contributed by atoms with Crippen LogP contribution in [0.1, 0.15) is 0 Å². The van der Waals surface area contributed by atoms with E-state index in [0.717, 1.165) is 10.6 Å². The van der Waals surface area contributed by atoms with Gasteiger partial charge in [-0.15, -0.1) is 0 Å². The van der Waals surface area contributed by atoms with Crippen LogP contribution < -0.4 is 0 Å². The normalized spacial score (nSPS) is 23.4. The third kappa shape index (κ3) is 0.645. The molecule has 0 bridgehead atoms. The minimum absolute atomic E-state index is 0.993. The van der Waals surface area contributed by atoms with Crippen molar-refractivity contribution < 1.29 is 12.6 Å². The van der Waals surface area contributed by atoms with Gasteiger partial charge in [-0.1, -0.05) is 0 Å². The van der Waals surface area contributed by atoms with Crippen LogP contribution in [0.15, 0.2) is 12.5 Å². The number of hydrogen-bond donors (Lipinski definition) is 0. The Hall–Kier alpha value is -0.710. The SMILES string of the molecule is CN1C=COS1(=O)=O. The van der Waals surface area contributed by atoms with Gasteiger partial charge in [0.1, 0.15) is 6.26 Å². The van der Waals surface area contributed by atoms with Crippen LogP contribution in [0, 0.1) is 0 Å². The van der Waals surface area contributed by atoms with Crippen molar-refractivity contribution in [1.29, 1.82) is 0 Å². The first-order valence-corrected chi connectivity index (χ1v) is 3.32. The minimum Gasteiger partial charge on any atom is -0.373 e. The summed E-state index contributed by atoms with van der Waals surface area (Å²) in [6.07, 6.45) is 2.45. The van der Waals surface area contributed by atoms with Crippen molar-refractivity contribution in [2.75, 3.05) is 7.05 Å². The molecule has 1 aliphatic rings. The maximum Gasteiger partial charge on any atom is 0.408 e. The zero-order chi connectivity index (χ0) is 6.20. The second kappa shape index (κ2) is 1.38. The zero-order valence-corrected chi connectivity index (χ0v) is 5.05. The summed E-state index contributed by atoms with van der Waals surface area (Å²) in [5.74, 6) is 0. The second-order valence-electron chi connectivity index (χ2n) is 1.36. The second-order valence-corrected chi connectivity index (χ2v) is 2.98. The Morgan fingerprint density at radius 2 is 2.25 bits per heavy atom. The molecular weight excluding hydrogens is 130 g/mol. The Morgan fingerprint density at radius 1 is 1.62 bits per heavy atom. The van der Waals surface area contributed by atoms with Crippen molar-refractivity contribution in [3.05, 3.63) is 12.5 Å². The minimum atomic E-state index is -3.40. The molecule has 4 nitrogen and oxygen atoms in total. The average Bonchev–Trinajstić information content (AvgIpc) is 1.86. The third-order valence-corrected chi connectivity index (χ3v) is 1.98. The molecule has 1 rings (SSSR count). The van der Waals surface area contributed by atoms with E-state index in [2.05, 4.69) is 4.18 Å². The van der Waals surface area contributed by atoms with Crippen LogP contribution in [0.2, 0.25) is 0 Å². The zero-order valence-electron chi connectivity index (χ0n) is 4.23. The van der Waals surface area contributed by atoms with Crippen LogP contribution in [0.25, 0.3) is 0 Å². The topological polar surface area (TPSA) is 46.6 Å². The lowest BCUT2D eigenvalue weighted by Gasteiger charge is -2.02. The molecule has 0 aliphatic carbocycles. The van der Waals surface area contributed by atoms with E-state index < -0.39 is 10.3 Å². The van der Waals surface area contributed by atoms with Crippen LogP contribution in [-0.2, 0) is 14.5 Å². The molecule has 0 N–H and O–H groups in total. The van der Waals surface area contributed by atoms with Crippen molar-refractivity contribution in [2.45, 2.75) is 0 Å². The predicted octanol–water partition coefficient (Wildman–Crippen LogP) is -0.336. The first-order chi connectivity index (χ1) is 3.63. The van der Waals surface area contributed by atoms with Gasteiger partial charge in [-0.2, -0.15) is 8.42 Å². The van der Waals surface area contributed by atoms with Gasteiger partial charge in [0, 0.05) is 7.05 Å². The van der Waals surface area contributed by atoms with E-state index in [9.17, 15) is 8.42 Å². The fourth-order valence-electron chi connectivity index (χ4n) is 0.323. The fourth-order valence-corrected chi connectivity index (χ4v) is 0.848. The molecule has 0 radical (unpaired) electrons. The molecule has 0 fully saturated rings. The summed E-state index contributed by atoms with van der Waals surface area (Å²) in [5.41, 5.74) is 0. The molecule has 0 aromatic heterocycles. The Labute approximate surface area is 47.6 Å². The highest BCUT2D eigenvalue weighted by Gasteiger charge is 2.18. The van der Waals surface area contributed by atoms with E-state index in [4.69, 9.17) is 0 Å². The van der Waals surface area contributed by atoms with Gasteiger partial charge in [-0.3, -0.25) is 0 Å². The van der Waals surface area contributed by atoms with Gasteiger partial charge in [0.05, 0.1) is 6.20 Å². The average molecular weight is 135 g/mol. The highest BCUT2D eigenvalue weighted by Crippen LogP contribution is 2.07. The van der Waals surface area contributed by atoms with Crippen LogP contribution in [0.5, 0.6) is 0 Å². The first kappa shape index (κ1) is 5.43. The molecule has 0 aromatic carbocycles. The van der Waals surface area contributed by atoms with Gasteiger partial charge >= 0.3 is 10.3 Å². The number of nitrogens with zero attached hydrogens (tertiary/aromatic N) is 1. The lowest BCUT2D eigenvalue weighted by atomic mass is 11.0. The van der Waals surface area contributed by atoms with Crippen LogP contribution in [0.4, 0.5) is 0 Å². The quantitative estimate of drug-likeness (QED) is 0.456. The first-order valence-electron chi connectivity index (χ1n) is 1.96. The Balaban J connectivity index is 2.96. The third-order valence-electron chi connectivity index (χ3n) is 0.801. The monoisotopic (exact) mass is 135 g/mol. The smallest absolute Gasteiger partial charge is 0.373 e. The summed E-state index contributed by atoms with van der Waals surface area (Å²) < 4.78 is 26.0. The van der Waals surface area contributed by atoms with Gasteiger partial charge in [0.15, 0.2) is 0 Å². The molecule has 1 heterocycles. The molecule has 0 unspecified atom stereocenters. The highest BCUT2D eigenvalue weighted by molar-refractivity contribution is 7.84. The van der Waals surface area contributed by atoms with Crippen LogP contribution in [-0.4, -0.2) is 19.8 Å². The Bertz CT molecular complexity index is 205. The summed E-state index contributed by atoms with van der Waals surface area (Å²) in [5, 5.41) is 0. The summed E-state index contributed by atoms with van der Waals surface area (Å²) >= 11 is 0. The van der Waals surface area contributed by atoms with Crippen molar-refractivity contribution in [2.24, 2.45) is 0 Å². The van der Waals surface area contributed by atoms with E-state index in [1.54, 1.807) is 0 Å². The summed E-state index contributed by atoms with van der Waals surface area (Å²) in [7, 11) is -2.00. The predicted molar refractivity (Wildman–Crippen MR) is 26.9 cm³/mol. The van der Waals surface area contributed by atoms with Gasteiger partial charge < -0.3 is 4.18 Å². The molecule has 1 aliphatic heterocycles. The molecule has 0 aromatic rings. The standard InChI is InChI=1S/C3H5NO3S/c1-4-2-3-7-8(4,5)6/h2-3H,1H3. The molecule has 5 heteroatoms. The lowest BCUT2D eigenvalue weighted by Crippen LogP contribution is -2.16. The molecule has 46 valence electrons. The van der Waals surface area contributed by atoms with Crippen LogP contribution >= 0.6 is 0 Å². The van der Waals surface area contributed by atoms with E-state index in [0.29, 0.717) is 0 Å². The molecule has 0 spiro atoms. The largest absolute Gasteiger partial charge is 0.408 e. The van der Waals surface area contributed by atoms with E-state index in [-0.39, 0.29) is 0 Å². The Morgan fingerprint density at radius 3 is 2.38 bits per heavy atom. The van der Waals surface area contributed by atoms with Crippen molar-refractivity contribution in [3.63, 3.8) is 0 Å². The van der Waals surface area contributed by atoms with Crippen molar-refractivity contribution >= 4 is 10.3 Å². The maximum atomic E-state index is 10.4. The molecule has 0 saturated carbocycles. The molecule has 8 heavy (non-hydrogen) atoms. The highest BCUT2D eigenvalue weighted by atomic mass is 32.2. The van der Waals surface area contributed by atoms with Crippen molar-refractivity contribution in [1.82, 2.24) is 4.31 Å². The molecule has 0 saturated heterocycles. The van der Waals surface area contributed by atoms with Gasteiger partial charge in [0.25, 0.3) is 0 Å². The van der Waals surface area contributed by atoms with E-state index in [1.165, 1.54) is 13.2 Å². The van der Waals surface area contributed by atoms with Gasteiger partial charge in [-0.05, 0) is 0 Å².